The number of nitriles is 1. The standard InChI is InChI=1S/C24H18N4O3/c1-16-9-10-21-22(11-16)27-24(26-21)19(14-25)13-18-6-2-3-8-23(18)31-15-17-5-4-7-20(12-17)28(29)30/h2-13H,15H2,1H3,(H,26,27). The van der Waals surface area contributed by atoms with E-state index >= 15 is 0 Å². The number of hydrogen-bond donors (Lipinski definition) is 1. The molecule has 0 radical (unpaired) electrons. The average molecular weight is 410 g/mol. The number of nitrogens with zero attached hydrogens (tertiary/aromatic N) is 3. The molecule has 0 atom stereocenters. The van der Waals surface area contributed by atoms with Gasteiger partial charge in [0.15, 0.2) is 0 Å². The number of aryl methyl sites for hydroxylation is 1. The van der Waals surface area contributed by atoms with Gasteiger partial charge in [0, 0.05) is 17.7 Å². The van der Waals surface area contributed by atoms with Gasteiger partial charge in [0.1, 0.15) is 24.3 Å². The number of imidazole rings is 1. The van der Waals surface area contributed by atoms with Gasteiger partial charge in [0.05, 0.1) is 21.5 Å². The highest BCUT2D eigenvalue weighted by Crippen LogP contribution is 2.26. The molecule has 1 heterocycles. The SMILES string of the molecule is Cc1ccc2nc(C(C#N)=Cc3ccccc3OCc3cccc([N+](=O)[O-])c3)[nH]c2c1. The summed E-state index contributed by atoms with van der Waals surface area (Å²) in [5.41, 5.74) is 4.54. The number of nitro groups is 1. The molecule has 4 aromatic rings. The maximum Gasteiger partial charge on any atom is 0.269 e. The number of aromatic nitrogens is 2. The fourth-order valence-corrected chi connectivity index (χ4v) is 3.21. The van der Waals surface area contributed by atoms with E-state index in [1.54, 1.807) is 24.3 Å². The number of hydrogen-bond acceptors (Lipinski definition) is 5. The van der Waals surface area contributed by atoms with Crippen molar-refractivity contribution in [3.63, 3.8) is 0 Å². The molecule has 7 heteroatoms. The van der Waals surface area contributed by atoms with Crippen LogP contribution in [0.3, 0.4) is 0 Å². The Labute approximate surface area is 178 Å². The zero-order valence-electron chi connectivity index (χ0n) is 16.7. The third-order valence-corrected chi connectivity index (χ3v) is 4.75. The highest BCUT2D eigenvalue weighted by atomic mass is 16.6. The minimum absolute atomic E-state index is 0.0150. The molecule has 0 aliphatic heterocycles. The van der Waals surface area contributed by atoms with Gasteiger partial charge in [-0.3, -0.25) is 10.1 Å². The molecule has 0 aliphatic carbocycles. The summed E-state index contributed by atoms with van der Waals surface area (Å²) in [7, 11) is 0. The first-order valence-corrected chi connectivity index (χ1v) is 9.57. The van der Waals surface area contributed by atoms with Crippen molar-refractivity contribution < 1.29 is 9.66 Å². The number of rotatable bonds is 6. The molecule has 31 heavy (non-hydrogen) atoms. The van der Waals surface area contributed by atoms with Gasteiger partial charge in [-0.1, -0.05) is 36.4 Å². The van der Waals surface area contributed by atoms with Crippen LogP contribution in [0.25, 0.3) is 22.7 Å². The van der Waals surface area contributed by atoms with E-state index in [0.29, 0.717) is 28.3 Å². The molecule has 152 valence electrons. The lowest BCUT2D eigenvalue weighted by Gasteiger charge is -2.09. The Morgan fingerprint density at radius 2 is 2.03 bits per heavy atom. The molecule has 1 aromatic heterocycles. The molecule has 0 spiro atoms. The number of para-hydroxylation sites is 1. The molecular weight excluding hydrogens is 392 g/mol. The number of benzene rings is 3. The molecule has 1 N–H and O–H groups in total. The Bertz CT molecular complexity index is 1350. The molecular formula is C24H18N4O3. The normalized spacial score (nSPS) is 11.3. The van der Waals surface area contributed by atoms with Crippen molar-refractivity contribution in [2.75, 3.05) is 0 Å². The van der Waals surface area contributed by atoms with Crippen molar-refractivity contribution in [1.29, 1.82) is 5.26 Å². The van der Waals surface area contributed by atoms with Crippen molar-refractivity contribution in [2.45, 2.75) is 13.5 Å². The van der Waals surface area contributed by atoms with Crippen LogP contribution >= 0.6 is 0 Å². The van der Waals surface area contributed by atoms with Crippen molar-refractivity contribution in [2.24, 2.45) is 0 Å². The summed E-state index contributed by atoms with van der Waals surface area (Å²) in [6, 6.07) is 21.7. The van der Waals surface area contributed by atoms with E-state index in [4.69, 9.17) is 4.74 Å². The summed E-state index contributed by atoms with van der Waals surface area (Å²) in [6.45, 7) is 2.16. The zero-order valence-corrected chi connectivity index (χ0v) is 16.7. The second-order valence-corrected chi connectivity index (χ2v) is 7.03. The number of ether oxygens (including phenoxy) is 1. The lowest BCUT2D eigenvalue weighted by Crippen LogP contribution is -1.98. The van der Waals surface area contributed by atoms with E-state index in [0.717, 1.165) is 16.6 Å². The molecule has 0 saturated carbocycles. The number of nitrogens with one attached hydrogen (secondary N) is 1. The van der Waals surface area contributed by atoms with Crippen molar-refractivity contribution in [3.8, 4) is 11.8 Å². The molecule has 0 aliphatic rings. The van der Waals surface area contributed by atoms with Gasteiger partial charge in [-0.05, 0) is 42.3 Å². The predicted molar refractivity (Wildman–Crippen MR) is 118 cm³/mol. The first-order chi connectivity index (χ1) is 15.0. The quantitative estimate of drug-likeness (QED) is 0.259. The molecule has 7 nitrogen and oxygen atoms in total. The molecule has 0 unspecified atom stereocenters. The van der Waals surface area contributed by atoms with E-state index < -0.39 is 4.92 Å². The minimum Gasteiger partial charge on any atom is -0.488 e. The lowest BCUT2D eigenvalue weighted by molar-refractivity contribution is -0.384. The zero-order chi connectivity index (χ0) is 21.8. The Morgan fingerprint density at radius 1 is 1.19 bits per heavy atom. The minimum atomic E-state index is -0.436. The van der Waals surface area contributed by atoms with Gasteiger partial charge in [-0.15, -0.1) is 0 Å². The smallest absolute Gasteiger partial charge is 0.269 e. The van der Waals surface area contributed by atoms with Crippen LogP contribution in [0.15, 0.2) is 66.7 Å². The van der Waals surface area contributed by atoms with Crippen LogP contribution in [0.5, 0.6) is 5.75 Å². The van der Waals surface area contributed by atoms with E-state index in [2.05, 4.69) is 16.0 Å². The maximum atomic E-state index is 11.0. The number of allylic oxidation sites excluding steroid dienone is 1. The molecule has 4 rings (SSSR count). The summed E-state index contributed by atoms with van der Waals surface area (Å²) < 4.78 is 5.91. The highest BCUT2D eigenvalue weighted by Gasteiger charge is 2.11. The van der Waals surface area contributed by atoms with E-state index in [1.807, 2.05) is 43.3 Å². The Hall–Kier alpha value is -4.44. The van der Waals surface area contributed by atoms with Crippen LogP contribution < -0.4 is 4.74 Å². The van der Waals surface area contributed by atoms with Gasteiger partial charge in [0.25, 0.3) is 5.69 Å². The van der Waals surface area contributed by atoms with Crippen LogP contribution in [0.1, 0.15) is 22.5 Å². The average Bonchev–Trinajstić information content (AvgIpc) is 3.19. The van der Waals surface area contributed by atoms with Crippen LogP contribution in [0, 0.1) is 28.4 Å². The third-order valence-electron chi connectivity index (χ3n) is 4.75. The molecule has 0 saturated heterocycles. The van der Waals surface area contributed by atoms with Crippen molar-refractivity contribution in [3.05, 3.63) is 99.4 Å². The first kappa shape index (κ1) is 19.9. The molecule has 0 amide bonds. The largest absolute Gasteiger partial charge is 0.488 e. The van der Waals surface area contributed by atoms with Gasteiger partial charge < -0.3 is 9.72 Å². The van der Waals surface area contributed by atoms with Gasteiger partial charge in [-0.25, -0.2) is 4.98 Å². The van der Waals surface area contributed by atoms with Gasteiger partial charge in [0.2, 0.25) is 0 Å². The Morgan fingerprint density at radius 3 is 2.84 bits per heavy atom. The number of nitro benzene ring substituents is 1. The van der Waals surface area contributed by atoms with E-state index in [9.17, 15) is 15.4 Å². The second-order valence-electron chi connectivity index (χ2n) is 7.03. The number of non-ortho nitro benzene ring substituents is 1. The van der Waals surface area contributed by atoms with Crippen LogP contribution in [0.2, 0.25) is 0 Å². The first-order valence-electron chi connectivity index (χ1n) is 9.57. The van der Waals surface area contributed by atoms with Gasteiger partial charge in [-0.2, -0.15) is 5.26 Å². The fraction of sp³-hybridized carbons (Fsp3) is 0.0833. The summed E-state index contributed by atoms with van der Waals surface area (Å²) in [4.78, 5) is 18.2. The van der Waals surface area contributed by atoms with Crippen LogP contribution in [-0.4, -0.2) is 14.9 Å². The lowest BCUT2D eigenvalue weighted by atomic mass is 10.1. The number of aromatic amines is 1. The summed E-state index contributed by atoms with van der Waals surface area (Å²) in [5, 5.41) is 20.7. The van der Waals surface area contributed by atoms with Gasteiger partial charge >= 0.3 is 0 Å². The number of fused-ring (bicyclic) bond motifs is 1. The summed E-state index contributed by atoms with van der Waals surface area (Å²) >= 11 is 0. The third kappa shape index (κ3) is 4.43. The topological polar surface area (TPSA) is 105 Å². The number of H-pyrrole nitrogens is 1. The van der Waals surface area contributed by atoms with E-state index in [-0.39, 0.29) is 12.3 Å². The monoisotopic (exact) mass is 410 g/mol. The Kier molecular flexibility index (Phi) is 5.45. The molecule has 0 fully saturated rings. The maximum absolute atomic E-state index is 11.0. The summed E-state index contributed by atoms with van der Waals surface area (Å²) in [6.07, 6.45) is 1.72. The van der Waals surface area contributed by atoms with Crippen LogP contribution in [-0.2, 0) is 6.61 Å². The van der Waals surface area contributed by atoms with Crippen molar-refractivity contribution >= 4 is 28.4 Å². The second kappa shape index (κ2) is 8.51. The summed E-state index contributed by atoms with van der Waals surface area (Å²) in [5.74, 6) is 1.05. The van der Waals surface area contributed by atoms with E-state index in [1.165, 1.54) is 12.1 Å². The van der Waals surface area contributed by atoms with Crippen molar-refractivity contribution in [1.82, 2.24) is 9.97 Å². The predicted octanol–water partition coefficient (Wildman–Crippen LogP) is 5.42. The molecule has 3 aromatic carbocycles. The fourth-order valence-electron chi connectivity index (χ4n) is 3.21. The van der Waals surface area contributed by atoms with Crippen LogP contribution in [0.4, 0.5) is 5.69 Å². The Balaban J connectivity index is 1.62. The molecule has 0 bridgehead atoms. The highest BCUT2D eigenvalue weighted by molar-refractivity contribution is 5.91.